The van der Waals surface area contributed by atoms with Gasteiger partial charge in [0.2, 0.25) is 0 Å². The second-order valence-electron chi connectivity index (χ2n) is 5.26. The summed E-state index contributed by atoms with van der Waals surface area (Å²) in [5.74, 6) is 0. The SMILES string of the molecule is CCNC(C1=CCCCC1)c1cc(C)nnc1CC. The Balaban J connectivity index is 2.37. The van der Waals surface area contributed by atoms with Gasteiger partial charge in [0.1, 0.15) is 0 Å². The van der Waals surface area contributed by atoms with Crippen molar-refractivity contribution in [2.75, 3.05) is 6.54 Å². The highest BCUT2D eigenvalue weighted by molar-refractivity contribution is 5.32. The lowest BCUT2D eigenvalue weighted by molar-refractivity contribution is 0.556. The van der Waals surface area contributed by atoms with E-state index in [1.165, 1.54) is 36.8 Å². The standard InChI is InChI=1S/C16H25N3/c1-4-15-14(11-12(3)18-19-15)16(17-5-2)13-9-7-6-8-10-13/h9,11,16-17H,4-8,10H2,1-3H3. The molecule has 1 heterocycles. The van der Waals surface area contributed by atoms with Gasteiger partial charge < -0.3 is 5.32 Å². The summed E-state index contributed by atoms with van der Waals surface area (Å²) in [6, 6.07) is 2.53. The summed E-state index contributed by atoms with van der Waals surface area (Å²) in [5, 5.41) is 12.2. The zero-order valence-corrected chi connectivity index (χ0v) is 12.4. The molecule has 0 radical (unpaired) electrons. The van der Waals surface area contributed by atoms with E-state index in [1.807, 2.05) is 6.92 Å². The molecule has 0 aliphatic heterocycles. The Labute approximate surface area is 116 Å². The smallest absolute Gasteiger partial charge is 0.0679 e. The summed E-state index contributed by atoms with van der Waals surface area (Å²) in [6.45, 7) is 7.32. The van der Waals surface area contributed by atoms with E-state index in [4.69, 9.17) is 0 Å². The Bertz CT molecular complexity index is 451. The molecule has 1 aromatic rings. The van der Waals surface area contributed by atoms with Gasteiger partial charge in [0.15, 0.2) is 0 Å². The van der Waals surface area contributed by atoms with Crippen LogP contribution in [0.25, 0.3) is 0 Å². The molecule has 104 valence electrons. The van der Waals surface area contributed by atoms with Crippen LogP contribution in [0.5, 0.6) is 0 Å². The highest BCUT2D eigenvalue weighted by Crippen LogP contribution is 2.31. The van der Waals surface area contributed by atoms with E-state index in [0.717, 1.165) is 24.4 Å². The minimum absolute atomic E-state index is 0.328. The molecule has 0 spiro atoms. The van der Waals surface area contributed by atoms with Crippen molar-refractivity contribution in [2.45, 2.75) is 58.9 Å². The van der Waals surface area contributed by atoms with Crippen LogP contribution in [0.15, 0.2) is 17.7 Å². The maximum absolute atomic E-state index is 4.38. The second kappa shape index (κ2) is 6.80. The van der Waals surface area contributed by atoms with Crippen molar-refractivity contribution in [3.63, 3.8) is 0 Å². The molecule has 19 heavy (non-hydrogen) atoms. The second-order valence-corrected chi connectivity index (χ2v) is 5.26. The van der Waals surface area contributed by atoms with Crippen molar-refractivity contribution in [3.8, 4) is 0 Å². The van der Waals surface area contributed by atoms with Crippen LogP contribution in [0.4, 0.5) is 0 Å². The Kier molecular flexibility index (Phi) is 5.08. The first kappa shape index (κ1) is 14.2. The van der Waals surface area contributed by atoms with Crippen LogP contribution in [-0.4, -0.2) is 16.7 Å². The fourth-order valence-corrected chi connectivity index (χ4v) is 2.83. The van der Waals surface area contributed by atoms with Gasteiger partial charge in [-0.2, -0.15) is 10.2 Å². The summed E-state index contributed by atoms with van der Waals surface area (Å²) in [5.41, 5.74) is 5.00. The van der Waals surface area contributed by atoms with Crippen molar-refractivity contribution < 1.29 is 0 Å². The monoisotopic (exact) mass is 259 g/mol. The fourth-order valence-electron chi connectivity index (χ4n) is 2.83. The van der Waals surface area contributed by atoms with E-state index in [1.54, 1.807) is 0 Å². The fraction of sp³-hybridized carbons (Fsp3) is 0.625. The maximum Gasteiger partial charge on any atom is 0.0679 e. The molecule has 2 rings (SSSR count). The van der Waals surface area contributed by atoms with Gasteiger partial charge in [-0.3, -0.25) is 0 Å². The van der Waals surface area contributed by atoms with Crippen LogP contribution in [0.3, 0.4) is 0 Å². The summed E-state index contributed by atoms with van der Waals surface area (Å²) < 4.78 is 0. The molecule has 0 saturated heterocycles. The van der Waals surface area contributed by atoms with E-state index >= 15 is 0 Å². The van der Waals surface area contributed by atoms with Gasteiger partial charge in [0.05, 0.1) is 17.4 Å². The van der Waals surface area contributed by atoms with Crippen LogP contribution in [0.1, 0.15) is 62.5 Å². The van der Waals surface area contributed by atoms with E-state index in [0.29, 0.717) is 6.04 Å². The number of allylic oxidation sites excluding steroid dienone is 1. The molecule has 1 N–H and O–H groups in total. The molecule has 3 heteroatoms. The lowest BCUT2D eigenvalue weighted by atomic mass is 9.88. The molecular formula is C16H25N3. The summed E-state index contributed by atoms with van der Waals surface area (Å²) in [7, 11) is 0. The van der Waals surface area contributed by atoms with E-state index in [2.05, 4.69) is 41.5 Å². The number of hydrogen-bond donors (Lipinski definition) is 1. The molecule has 0 aromatic carbocycles. The van der Waals surface area contributed by atoms with Crippen LogP contribution in [0.2, 0.25) is 0 Å². The van der Waals surface area contributed by atoms with Gasteiger partial charge in [-0.1, -0.05) is 25.5 Å². The summed E-state index contributed by atoms with van der Waals surface area (Å²) in [4.78, 5) is 0. The number of hydrogen-bond acceptors (Lipinski definition) is 3. The Morgan fingerprint density at radius 2 is 2.11 bits per heavy atom. The largest absolute Gasteiger partial charge is 0.307 e. The summed E-state index contributed by atoms with van der Waals surface area (Å²) >= 11 is 0. The minimum atomic E-state index is 0.328. The van der Waals surface area contributed by atoms with Crippen LogP contribution >= 0.6 is 0 Å². The topological polar surface area (TPSA) is 37.8 Å². The van der Waals surface area contributed by atoms with Gasteiger partial charge in [-0.05, 0) is 57.2 Å². The third kappa shape index (κ3) is 3.41. The molecule has 0 saturated carbocycles. The normalized spacial score (nSPS) is 17.1. The highest BCUT2D eigenvalue weighted by Gasteiger charge is 2.20. The van der Waals surface area contributed by atoms with Crippen molar-refractivity contribution in [3.05, 3.63) is 34.7 Å². The molecule has 0 fully saturated rings. The molecule has 0 bridgehead atoms. The van der Waals surface area contributed by atoms with Gasteiger partial charge in [0, 0.05) is 0 Å². The number of nitrogens with zero attached hydrogens (tertiary/aromatic N) is 2. The predicted molar refractivity (Wildman–Crippen MR) is 79.1 cm³/mol. The number of nitrogens with one attached hydrogen (secondary N) is 1. The van der Waals surface area contributed by atoms with Gasteiger partial charge in [-0.25, -0.2) is 0 Å². The maximum atomic E-state index is 4.38. The molecule has 1 aliphatic rings. The Morgan fingerprint density at radius 1 is 1.26 bits per heavy atom. The Hall–Kier alpha value is -1.22. The van der Waals surface area contributed by atoms with Crippen molar-refractivity contribution in [1.29, 1.82) is 0 Å². The molecule has 1 aliphatic carbocycles. The molecule has 0 amide bonds. The van der Waals surface area contributed by atoms with E-state index in [9.17, 15) is 0 Å². The first-order valence-corrected chi connectivity index (χ1v) is 7.51. The lowest BCUT2D eigenvalue weighted by Gasteiger charge is -2.26. The highest BCUT2D eigenvalue weighted by atomic mass is 15.1. The number of rotatable bonds is 5. The summed E-state index contributed by atoms with van der Waals surface area (Å²) in [6.07, 6.45) is 8.44. The third-order valence-corrected chi connectivity index (χ3v) is 3.78. The lowest BCUT2D eigenvalue weighted by Crippen LogP contribution is -2.25. The van der Waals surface area contributed by atoms with E-state index in [-0.39, 0.29) is 0 Å². The molecule has 1 atom stereocenters. The van der Waals surface area contributed by atoms with Crippen molar-refractivity contribution >= 4 is 0 Å². The van der Waals surface area contributed by atoms with E-state index < -0.39 is 0 Å². The van der Waals surface area contributed by atoms with Crippen LogP contribution < -0.4 is 5.32 Å². The quantitative estimate of drug-likeness (QED) is 0.822. The molecule has 3 nitrogen and oxygen atoms in total. The predicted octanol–water partition coefficient (Wildman–Crippen LogP) is 3.50. The first-order valence-electron chi connectivity index (χ1n) is 7.51. The van der Waals surface area contributed by atoms with Gasteiger partial charge >= 0.3 is 0 Å². The van der Waals surface area contributed by atoms with Crippen LogP contribution in [0, 0.1) is 6.92 Å². The number of aromatic nitrogens is 2. The minimum Gasteiger partial charge on any atom is -0.307 e. The number of likely N-dealkylation sites (N-methyl/N-ethyl adjacent to an activating group) is 1. The third-order valence-electron chi connectivity index (χ3n) is 3.78. The van der Waals surface area contributed by atoms with Crippen molar-refractivity contribution in [2.24, 2.45) is 0 Å². The molecule has 1 aromatic heterocycles. The average Bonchev–Trinajstić information content (AvgIpc) is 2.45. The zero-order valence-electron chi connectivity index (χ0n) is 12.4. The Morgan fingerprint density at radius 3 is 2.74 bits per heavy atom. The average molecular weight is 259 g/mol. The first-order chi connectivity index (χ1) is 9.26. The number of aryl methyl sites for hydroxylation is 2. The van der Waals surface area contributed by atoms with Gasteiger partial charge in [0.25, 0.3) is 0 Å². The molecular weight excluding hydrogens is 234 g/mol. The molecule has 1 unspecified atom stereocenters. The van der Waals surface area contributed by atoms with Crippen molar-refractivity contribution in [1.82, 2.24) is 15.5 Å². The van der Waals surface area contributed by atoms with Gasteiger partial charge in [-0.15, -0.1) is 0 Å². The zero-order chi connectivity index (χ0) is 13.7. The van der Waals surface area contributed by atoms with Crippen LogP contribution in [-0.2, 0) is 6.42 Å².